The second-order valence-electron chi connectivity index (χ2n) is 8.61. The van der Waals surface area contributed by atoms with Gasteiger partial charge < -0.3 is 15.0 Å². The predicted molar refractivity (Wildman–Crippen MR) is 145 cm³/mol. The average molecular weight is 550 g/mol. The first kappa shape index (κ1) is 27.9. The second-order valence-corrected chi connectivity index (χ2v) is 11.6. The van der Waals surface area contributed by atoms with Crippen molar-refractivity contribution >= 4 is 57.2 Å². The van der Waals surface area contributed by atoms with Gasteiger partial charge in [-0.2, -0.15) is 0 Å². The Hall–Kier alpha value is -2.70. The molecular formula is C24H31N5O4S3. The SMILES string of the molecule is CCCc1cc(-c2nnc(SCC(=O)Nc3sc(C(=O)N(C)C)c(C)c3C(=O)OC)n2C(C)C)cs1. The lowest BCUT2D eigenvalue weighted by Crippen LogP contribution is -2.21. The van der Waals surface area contributed by atoms with Gasteiger partial charge in [0, 0.05) is 36.0 Å². The van der Waals surface area contributed by atoms with Gasteiger partial charge in [-0.15, -0.1) is 32.9 Å². The fourth-order valence-corrected chi connectivity index (χ4v) is 6.63. The van der Waals surface area contributed by atoms with Crippen molar-refractivity contribution in [1.82, 2.24) is 19.7 Å². The minimum Gasteiger partial charge on any atom is -0.465 e. The van der Waals surface area contributed by atoms with E-state index in [1.165, 1.54) is 28.6 Å². The number of nitrogens with zero attached hydrogens (tertiary/aromatic N) is 4. The van der Waals surface area contributed by atoms with Gasteiger partial charge in [0.25, 0.3) is 5.91 Å². The van der Waals surface area contributed by atoms with E-state index < -0.39 is 5.97 Å². The summed E-state index contributed by atoms with van der Waals surface area (Å²) in [7, 11) is 4.53. The molecule has 12 heteroatoms. The maximum absolute atomic E-state index is 12.9. The zero-order chi connectivity index (χ0) is 26.6. The van der Waals surface area contributed by atoms with E-state index in [2.05, 4.69) is 47.7 Å². The highest BCUT2D eigenvalue weighted by atomic mass is 32.2. The predicted octanol–water partition coefficient (Wildman–Crippen LogP) is 5.13. The Morgan fingerprint density at radius 2 is 1.97 bits per heavy atom. The van der Waals surface area contributed by atoms with Crippen LogP contribution < -0.4 is 5.32 Å². The zero-order valence-electron chi connectivity index (χ0n) is 21.5. The lowest BCUT2D eigenvalue weighted by Gasteiger charge is -2.13. The average Bonchev–Trinajstić information content (AvgIpc) is 3.54. The van der Waals surface area contributed by atoms with Crippen molar-refractivity contribution in [2.24, 2.45) is 0 Å². The molecule has 194 valence electrons. The number of aromatic nitrogens is 3. The molecule has 0 radical (unpaired) electrons. The number of thiophene rings is 2. The van der Waals surface area contributed by atoms with E-state index in [1.807, 2.05) is 4.57 Å². The van der Waals surface area contributed by atoms with E-state index in [0.717, 1.165) is 35.6 Å². The van der Waals surface area contributed by atoms with Gasteiger partial charge >= 0.3 is 5.97 Å². The van der Waals surface area contributed by atoms with Crippen LogP contribution in [-0.2, 0) is 16.0 Å². The molecule has 3 aromatic heterocycles. The molecule has 0 aliphatic rings. The molecule has 9 nitrogen and oxygen atoms in total. The van der Waals surface area contributed by atoms with E-state index >= 15 is 0 Å². The molecule has 2 amide bonds. The van der Waals surface area contributed by atoms with Crippen LogP contribution in [0.25, 0.3) is 11.4 Å². The summed E-state index contributed by atoms with van der Waals surface area (Å²) >= 11 is 4.05. The third-order valence-corrected chi connectivity index (χ3v) is 8.45. The van der Waals surface area contributed by atoms with Crippen molar-refractivity contribution in [2.45, 2.75) is 51.7 Å². The molecule has 3 rings (SSSR count). The summed E-state index contributed by atoms with van der Waals surface area (Å²) in [6.45, 7) is 7.93. The summed E-state index contributed by atoms with van der Waals surface area (Å²) < 4.78 is 6.92. The number of methoxy groups -OCH3 is 1. The lowest BCUT2D eigenvalue weighted by atomic mass is 10.1. The first-order chi connectivity index (χ1) is 17.1. The van der Waals surface area contributed by atoms with E-state index in [1.54, 1.807) is 32.4 Å². The summed E-state index contributed by atoms with van der Waals surface area (Å²) in [4.78, 5) is 40.9. The third-order valence-electron chi connectivity index (χ3n) is 5.31. The molecule has 0 fully saturated rings. The minimum atomic E-state index is -0.605. The molecule has 0 aliphatic carbocycles. The quantitative estimate of drug-likeness (QED) is 0.276. The number of ether oxygens (including phenoxy) is 1. The number of hydrogen-bond acceptors (Lipinski definition) is 9. The van der Waals surface area contributed by atoms with Crippen LogP contribution >= 0.6 is 34.4 Å². The molecule has 0 atom stereocenters. The maximum atomic E-state index is 12.9. The molecular weight excluding hydrogens is 518 g/mol. The van der Waals surface area contributed by atoms with Gasteiger partial charge in [0.2, 0.25) is 5.91 Å². The summed E-state index contributed by atoms with van der Waals surface area (Å²) in [5, 5.41) is 14.6. The number of esters is 1. The van der Waals surface area contributed by atoms with Crippen molar-refractivity contribution in [3.05, 3.63) is 32.3 Å². The van der Waals surface area contributed by atoms with Crippen molar-refractivity contribution in [2.75, 3.05) is 32.3 Å². The van der Waals surface area contributed by atoms with Crippen molar-refractivity contribution in [3.8, 4) is 11.4 Å². The van der Waals surface area contributed by atoms with Crippen LogP contribution in [-0.4, -0.2) is 64.4 Å². The van der Waals surface area contributed by atoms with E-state index in [-0.39, 0.29) is 29.2 Å². The van der Waals surface area contributed by atoms with Crippen molar-refractivity contribution < 1.29 is 19.1 Å². The first-order valence-electron chi connectivity index (χ1n) is 11.5. The number of rotatable bonds is 10. The number of carbonyl (C=O) groups excluding carboxylic acids is 3. The van der Waals surface area contributed by atoms with Gasteiger partial charge in [0.05, 0.1) is 23.3 Å². The van der Waals surface area contributed by atoms with Gasteiger partial charge in [-0.05, 0) is 38.8 Å². The number of nitrogens with one attached hydrogen (secondary N) is 1. The van der Waals surface area contributed by atoms with E-state index in [0.29, 0.717) is 20.6 Å². The topological polar surface area (TPSA) is 106 Å². The van der Waals surface area contributed by atoms with Gasteiger partial charge in [-0.1, -0.05) is 25.1 Å². The molecule has 0 spiro atoms. The zero-order valence-corrected chi connectivity index (χ0v) is 23.9. The van der Waals surface area contributed by atoms with Crippen LogP contribution in [0.2, 0.25) is 0 Å². The van der Waals surface area contributed by atoms with Gasteiger partial charge in [-0.3, -0.25) is 14.2 Å². The summed E-state index contributed by atoms with van der Waals surface area (Å²) in [5.74, 6) is -0.335. The monoisotopic (exact) mass is 549 g/mol. The Bertz CT molecular complexity index is 1260. The molecule has 0 unspecified atom stereocenters. The molecule has 1 N–H and O–H groups in total. The van der Waals surface area contributed by atoms with E-state index in [4.69, 9.17) is 4.74 Å². The van der Waals surface area contributed by atoms with Crippen molar-refractivity contribution in [3.63, 3.8) is 0 Å². The Balaban J connectivity index is 1.80. The summed E-state index contributed by atoms with van der Waals surface area (Å²) in [5.41, 5.74) is 1.70. The molecule has 0 aliphatic heterocycles. The number of thioether (sulfide) groups is 1. The molecule has 0 saturated carbocycles. The van der Waals surface area contributed by atoms with Crippen LogP contribution in [0.5, 0.6) is 0 Å². The van der Waals surface area contributed by atoms with Crippen LogP contribution in [0.4, 0.5) is 5.00 Å². The second kappa shape index (κ2) is 12.0. The molecule has 3 heterocycles. The highest BCUT2D eigenvalue weighted by Crippen LogP contribution is 2.35. The van der Waals surface area contributed by atoms with Gasteiger partial charge in [0.15, 0.2) is 11.0 Å². The highest BCUT2D eigenvalue weighted by molar-refractivity contribution is 7.99. The number of hydrogen-bond donors (Lipinski definition) is 1. The number of amides is 2. The summed E-state index contributed by atoms with van der Waals surface area (Å²) in [6.07, 6.45) is 2.11. The lowest BCUT2D eigenvalue weighted by molar-refractivity contribution is -0.113. The molecule has 36 heavy (non-hydrogen) atoms. The first-order valence-corrected chi connectivity index (χ1v) is 14.2. The minimum absolute atomic E-state index is 0.0596. The fourth-order valence-electron chi connectivity index (χ4n) is 3.56. The number of anilines is 1. The van der Waals surface area contributed by atoms with Crippen LogP contribution in [0.3, 0.4) is 0 Å². The highest BCUT2D eigenvalue weighted by Gasteiger charge is 2.27. The maximum Gasteiger partial charge on any atom is 0.341 e. The van der Waals surface area contributed by atoms with Gasteiger partial charge in [0.1, 0.15) is 5.00 Å². The van der Waals surface area contributed by atoms with E-state index in [9.17, 15) is 14.4 Å². The molecule has 0 saturated heterocycles. The Morgan fingerprint density at radius 3 is 2.58 bits per heavy atom. The van der Waals surface area contributed by atoms with Crippen molar-refractivity contribution in [1.29, 1.82) is 0 Å². The van der Waals surface area contributed by atoms with Crippen LogP contribution in [0.15, 0.2) is 16.6 Å². The largest absolute Gasteiger partial charge is 0.465 e. The number of carbonyl (C=O) groups is 3. The van der Waals surface area contributed by atoms with Gasteiger partial charge in [-0.25, -0.2) is 4.79 Å². The van der Waals surface area contributed by atoms with Crippen LogP contribution in [0.1, 0.15) is 63.7 Å². The normalized spacial score (nSPS) is 11.1. The number of aryl methyl sites for hydroxylation is 1. The third kappa shape index (κ3) is 5.98. The summed E-state index contributed by atoms with van der Waals surface area (Å²) in [6, 6.07) is 2.25. The smallest absolute Gasteiger partial charge is 0.341 e. The molecule has 3 aromatic rings. The molecule has 0 bridgehead atoms. The Labute approximate surface area is 223 Å². The molecule has 0 aromatic carbocycles. The van der Waals surface area contributed by atoms with Crippen LogP contribution in [0, 0.1) is 6.92 Å². The fraction of sp³-hybridized carbons (Fsp3) is 0.458. The Kier molecular flexibility index (Phi) is 9.31. The Morgan fingerprint density at radius 1 is 1.25 bits per heavy atom. The standard InChI is InChI=1S/C24H31N5O4S3/c1-8-9-16-10-15(11-34-16)20-26-27-24(29(20)13(2)3)35-12-17(30)25-21-18(23(32)33-7)14(4)19(36-21)22(31)28(5)6/h10-11,13H,8-9,12H2,1-7H3,(H,25,30).